The number of nitrogens with one attached hydrogen (secondary N) is 1. The van der Waals surface area contributed by atoms with E-state index in [0.29, 0.717) is 0 Å². The molecule has 2 aromatic rings. The molecule has 1 aromatic carbocycles. The van der Waals surface area contributed by atoms with Crippen LogP contribution in [0.2, 0.25) is 0 Å². The van der Waals surface area contributed by atoms with Crippen molar-refractivity contribution in [1.29, 1.82) is 0 Å². The van der Waals surface area contributed by atoms with Crippen LogP contribution in [0.3, 0.4) is 0 Å². The summed E-state index contributed by atoms with van der Waals surface area (Å²) in [5.74, 6) is 0.0761. The summed E-state index contributed by atoms with van der Waals surface area (Å²) < 4.78 is 0. The third kappa shape index (κ3) is 3.22. The van der Waals surface area contributed by atoms with Gasteiger partial charge in [-0.1, -0.05) is 25.5 Å². The number of hydrogen-bond donors (Lipinski definition) is 1. The summed E-state index contributed by atoms with van der Waals surface area (Å²) in [6.45, 7) is 2.93. The molecule has 0 unspecified atom stereocenters. The lowest BCUT2D eigenvalue weighted by molar-refractivity contribution is 0.0793. The fraction of sp³-hybridized carbons (Fsp3) is 0.333. The smallest absolute Gasteiger partial charge is 0.253 e. The molecule has 0 saturated heterocycles. The van der Waals surface area contributed by atoms with Crippen LogP contribution >= 0.6 is 0 Å². The average Bonchev–Trinajstić information content (AvgIpc) is 2.98. The van der Waals surface area contributed by atoms with Gasteiger partial charge in [0.05, 0.1) is 6.20 Å². The van der Waals surface area contributed by atoms with Gasteiger partial charge in [0.2, 0.25) is 0 Å². The van der Waals surface area contributed by atoms with Crippen molar-refractivity contribution in [3.63, 3.8) is 0 Å². The van der Waals surface area contributed by atoms with E-state index in [2.05, 4.69) is 17.1 Å². The molecule has 0 fully saturated rings. The molecule has 4 heteroatoms. The normalized spacial score (nSPS) is 10.4. The number of rotatable bonds is 5. The third-order valence-corrected chi connectivity index (χ3v) is 3.16. The number of aromatic nitrogens is 2. The van der Waals surface area contributed by atoms with E-state index in [4.69, 9.17) is 0 Å². The van der Waals surface area contributed by atoms with E-state index in [9.17, 15) is 4.79 Å². The number of carbonyl (C=O) groups excluding carboxylic acids is 1. The molecule has 100 valence electrons. The molecule has 0 saturated carbocycles. The van der Waals surface area contributed by atoms with Gasteiger partial charge < -0.3 is 4.90 Å². The number of nitrogens with zero attached hydrogens (tertiary/aromatic N) is 2. The quantitative estimate of drug-likeness (QED) is 0.895. The van der Waals surface area contributed by atoms with E-state index in [1.54, 1.807) is 11.1 Å². The van der Waals surface area contributed by atoms with Crippen LogP contribution in [-0.2, 0) is 0 Å². The Hall–Kier alpha value is -2.10. The first kappa shape index (κ1) is 13.3. The number of aromatic amines is 1. The molecule has 19 heavy (non-hydrogen) atoms. The van der Waals surface area contributed by atoms with Crippen LogP contribution < -0.4 is 0 Å². The molecule has 4 nitrogen and oxygen atoms in total. The van der Waals surface area contributed by atoms with Gasteiger partial charge in [-0.15, -0.1) is 0 Å². The number of unbranched alkanes of at least 4 members (excludes halogenated alkanes) is 1. The topological polar surface area (TPSA) is 49.0 Å². The maximum Gasteiger partial charge on any atom is 0.253 e. The van der Waals surface area contributed by atoms with Crippen molar-refractivity contribution in [1.82, 2.24) is 15.1 Å². The van der Waals surface area contributed by atoms with Crippen LogP contribution in [0.15, 0.2) is 36.7 Å². The van der Waals surface area contributed by atoms with Gasteiger partial charge in [-0.25, -0.2) is 0 Å². The summed E-state index contributed by atoms with van der Waals surface area (Å²) in [6, 6.07) is 7.64. The van der Waals surface area contributed by atoms with Crippen molar-refractivity contribution in [3.05, 3.63) is 42.2 Å². The first-order chi connectivity index (χ1) is 9.22. The molecular formula is C15H19N3O. The second-order valence-corrected chi connectivity index (χ2v) is 4.64. The Morgan fingerprint density at radius 3 is 2.58 bits per heavy atom. The van der Waals surface area contributed by atoms with Crippen molar-refractivity contribution in [2.24, 2.45) is 0 Å². The Balaban J connectivity index is 2.08. The van der Waals surface area contributed by atoms with Crippen LogP contribution in [0.4, 0.5) is 0 Å². The average molecular weight is 257 g/mol. The minimum atomic E-state index is 0.0761. The van der Waals surface area contributed by atoms with Crippen molar-refractivity contribution in [2.45, 2.75) is 19.8 Å². The predicted molar refractivity (Wildman–Crippen MR) is 75.9 cm³/mol. The van der Waals surface area contributed by atoms with E-state index in [1.807, 2.05) is 37.5 Å². The van der Waals surface area contributed by atoms with E-state index in [1.165, 1.54) is 0 Å². The standard InChI is InChI=1S/C15H19N3O/c1-3-4-9-18(2)15(19)13-7-5-12(6-8-13)14-10-16-17-11-14/h5-8,10-11H,3-4,9H2,1-2H3,(H,16,17). The number of hydrogen-bond acceptors (Lipinski definition) is 2. The van der Waals surface area contributed by atoms with Crippen LogP contribution in [0.25, 0.3) is 11.1 Å². The second kappa shape index (κ2) is 6.18. The van der Waals surface area contributed by atoms with E-state index in [-0.39, 0.29) is 5.91 Å². The predicted octanol–water partition coefficient (Wildman–Crippen LogP) is 2.95. The lowest BCUT2D eigenvalue weighted by Crippen LogP contribution is -2.27. The summed E-state index contributed by atoms with van der Waals surface area (Å²) in [4.78, 5) is 13.9. The number of amides is 1. The summed E-state index contributed by atoms with van der Waals surface area (Å²) in [5.41, 5.74) is 2.81. The van der Waals surface area contributed by atoms with Gasteiger partial charge in [-0.3, -0.25) is 9.89 Å². The van der Waals surface area contributed by atoms with Gasteiger partial charge in [-0.2, -0.15) is 5.10 Å². The Morgan fingerprint density at radius 1 is 1.26 bits per heavy atom. The van der Waals surface area contributed by atoms with E-state index < -0.39 is 0 Å². The monoisotopic (exact) mass is 257 g/mol. The lowest BCUT2D eigenvalue weighted by Gasteiger charge is -2.16. The summed E-state index contributed by atoms with van der Waals surface area (Å²) in [6.07, 6.45) is 5.74. The highest BCUT2D eigenvalue weighted by molar-refractivity contribution is 5.94. The Kier molecular flexibility index (Phi) is 4.34. The molecule has 0 atom stereocenters. The Morgan fingerprint density at radius 2 is 2.00 bits per heavy atom. The molecular weight excluding hydrogens is 238 g/mol. The van der Waals surface area contributed by atoms with E-state index in [0.717, 1.165) is 36.1 Å². The van der Waals surface area contributed by atoms with Gasteiger partial charge in [0.15, 0.2) is 0 Å². The molecule has 0 bridgehead atoms. The van der Waals surface area contributed by atoms with Crippen molar-refractivity contribution >= 4 is 5.91 Å². The van der Waals surface area contributed by atoms with Crippen LogP contribution in [-0.4, -0.2) is 34.6 Å². The molecule has 0 aliphatic carbocycles. The molecule has 1 amide bonds. The van der Waals surface area contributed by atoms with Crippen molar-refractivity contribution < 1.29 is 4.79 Å². The highest BCUT2D eigenvalue weighted by Crippen LogP contribution is 2.18. The van der Waals surface area contributed by atoms with Gasteiger partial charge in [0, 0.05) is 30.9 Å². The fourth-order valence-corrected chi connectivity index (χ4v) is 1.93. The maximum atomic E-state index is 12.2. The molecule has 1 N–H and O–H groups in total. The summed E-state index contributed by atoms with van der Waals surface area (Å²) in [7, 11) is 1.85. The SMILES string of the molecule is CCCCN(C)C(=O)c1ccc(-c2cn[nH]c2)cc1. The highest BCUT2D eigenvalue weighted by atomic mass is 16.2. The summed E-state index contributed by atoms with van der Waals surface area (Å²) in [5, 5.41) is 6.70. The molecule has 0 spiro atoms. The van der Waals surface area contributed by atoms with Gasteiger partial charge in [-0.05, 0) is 24.1 Å². The number of benzene rings is 1. The zero-order valence-corrected chi connectivity index (χ0v) is 11.4. The van der Waals surface area contributed by atoms with Crippen LogP contribution in [0.1, 0.15) is 30.1 Å². The molecule has 1 aromatic heterocycles. The fourth-order valence-electron chi connectivity index (χ4n) is 1.93. The zero-order valence-electron chi connectivity index (χ0n) is 11.4. The number of carbonyl (C=O) groups is 1. The minimum Gasteiger partial charge on any atom is -0.342 e. The molecule has 0 aliphatic rings. The van der Waals surface area contributed by atoms with Crippen LogP contribution in [0.5, 0.6) is 0 Å². The van der Waals surface area contributed by atoms with E-state index >= 15 is 0 Å². The molecule has 1 heterocycles. The minimum absolute atomic E-state index is 0.0761. The van der Waals surface area contributed by atoms with Crippen molar-refractivity contribution in [3.8, 4) is 11.1 Å². The summed E-state index contributed by atoms with van der Waals surface area (Å²) >= 11 is 0. The van der Waals surface area contributed by atoms with Crippen molar-refractivity contribution in [2.75, 3.05) is 13.6 Å². The first-order valence-corrected chi connectivity index (χ1v) is 6.57. The molecule has 0 radical (unpaired) electrons. The largest absolute Gasteiger partial charge is 0.342 e. The Labute approximate surface area is 113 Å². The van der Waals surface area contributed by atoms with Gasteiger partial charge in [0.25, 0.3) is 5.91 Å². The maximum absolute atomic E-state index is 12.2. The molecule has 0 aliphatic heterocycles. The number of H-pyrrole nitrogens is 1. The lowest BCUT2D eigenvalue weighted by atomic mass is 10.1. The Bertz CT molecular complexity index is 517. The molecule has 2 rings (SSSR count). The van der Waals surface area contributed by atoms with Crippen LogP contribution in [0, 0.1) is 0 Å². The third-order valence-electron chi connectivity index (χ3n) is 3.16. The van der Waals surface area contributed by atoms with Gasteiger partial charge >= 0.3 is 0 Å². The van der Waals surface area contributed by atoms with Gasteiger partial charge in [0.1, 0.15) is 0 Å². The highest BCUT2D eigenvalue weighted by Gasteiger charge is 2.11. The first-order valence-electron chi connectivity index (χ1n) is 6.57. The second-order valence-electron chi connectivity index (χ2n) is 4.64. The zero-order chi connectivity index (χ0) is 13.7.